The fourth-order valence-corrected chi connectivity index (χ4v) is 4.86. The minimum absolute atomic E-state index is 0.0570. The molecule has 0 unspecified atom stereocenters. The molecule has 7 heteroatoms. The molecule has 2 heterocycles. The molecule has 0 bridgehead atoms. The van der Waals surface area contributed by atoms with Gasteiger partial charge in [0.15, 0.2) is 0 Å². The van der Waals surface area contributed by atoms with Crippen LogP contribution in [-0.2, 0) is 11.8 Å². The number of hydrogen-bond acceptors (Lipinski definition) is 4. The third-order valence-corrected chi connectivity index (χ3v) is 7.05. The molecule has 166 valence electrons. The molecule has 1 aliphatic heterocycles. The molecule has 1 aromatic heterocycles. The Morgan fingerprint density at radius 3 is 2.50 bits per heavy atom. The average Bonchev–Trinajstić information content (AvgIpc) is 3.16. The second-order valence-electron chi connectivity index (χ2n) is 9.01. The zero-order valence-corrected chi connectivity index (χ0v) is 19.5. The summed E-state index contributed by atoms with van der Waals surface area (Å²) >= 11 is 1.45. The largest absolute Gasteiger partial charge is 0.322 e. The molecule has 0 atom stereocenters. The van der Waals surface area contributed by atoms with Gasteiger partial charge in [-0.2, -0.15) is 0 Å². The summed E-state index contributed by atoms with van der Waals surface area (Å²) in [4.78, 5) is 33.2. The summed E-state index contributed by atoms with van der Waals surface area (Å²) in [5, 5.41) is 3.87. The van der Waals surface area contributed by atoms with Gasteiger partial charge in [0.2, 0.25) is 0 Å². The van der Waals surface area contributed by atoms with Gasteiger partial charge in [0, 0.05) is 28.9 Å². The summed E-state index contributed by atoms with van der Waals surface area (Å²) in [5.74, 6) is -0.755. The maximum absolute atomic E-state index is 13.5. The maximum Gasteiger partial charge on any atom is 0.270 e. The van der Waals surface area contributed by atoms with E-state index in [0.717, 1.165) is 34.8 Å². The summed E-state index contributed by atoms with van der Waals surface area (Å²) in [7, 11) is 0. The van der Waals surface area contributed by atoms with E-state index in [1.165, 1.54) is 35.6 Å². The Kier molecular flexibility index (Phi) is 5.86. The number of fused-ring (bicyclic) bond motifs is 1. The number of hydrogen-bond donors (Lipinski definition) is 1. The molecule has 1 aliphatic rings. The number of benzene rings is 2. The van der Waals surface area contributed by atoms with Crippen molar-refractivity contribution in [1.82, 2.24) is 4.98 Å². The van der Waals surface area contributed by atoms with E-state index in [1.807, 2.05) is 25.1 Å². The normalized spacial score (nSPS) is 13.6. The Morgan fingerprint density at radius 1 is 1.12 bits per heavy atom. The lowest BCUT2D eigenvalue weighted by Gasteiger charge is -2.30. The van der Waals surface area contributed by atoms with Crippen LogP contribution in [0.4, 0.5) is 15.8 Å². The first-order chi connectivity index (χ1) is 15.1. The van der Waals surface area contributed by atoms with E-state index < -0.39 is 0 Å². The van der Waals surface area contributed by atoms with Crippen LogP contribution >= 0.6 is 11.3 Å². The lowest BCUT2D eigenvalue weighted by atomic mass is 9.98. The zero-order valence-electron chi connectivity index (χ0n) is 18.7. The van der Waals surface area contributed by atoms with Crippen LogP contribution in [0.25, 0.3) is 0 Å². The van der Waals surface area contributed by atoms with Gasteiger partial charge in [-0.1, -0.05) is 26.8 Å². The van der Waals surface area contributed by atoms with Gasteiger partial charge in [-0.25, -0.2) is 9.37 Å². The predicted molar refractivity (Wildman–Crippen MR) is 126 cm³/mol. The number of anilines is 2. The monoisotopic (exact) mass is 451 g/mol. The molecule has 0 saturated carbocycles. The number of rotatable bonds is 3. The van der Waals surface area contributed by atoms with E-state index in [0.29, 0.717) is 22.7 Å². The van der Waals surface area contributed by atoms with Crippen LogP contribution in [0.5, 0.6) is 0 Å². The molecule has 32 heavy (non-hydrogen) atoms. The molecular formula is C25H26FN3O2S. The van der Waals surface area contributed by atoms with E-state index in [2.05, 4.69) is 31.1 Å². The number of aromatic nitrogens is 1. The molecule has 0 saturated heterocycles. The highest BCUT2D eigenvalue weighted by Crippen LogP contribution is 2.36. The van der Waals surface area contributed by atoms with E-state index >= 15 is 0 Å². The minimum Gasteiger partial charge on any atom is -0.322 e. The first-order valence-corrected chi connectivity index (χ1v) is 11.5. The molecule has 0 spiro atoms. The number of halogens is 1. The summed E-state index contributed by atoms with van der Waals surface area (Å²) in [6.45, 7) is 8.76. The van der Waals surface area contributed by atoms with Crippen molar-refractivity contribution >= 4 is 34.5 Å². The SMILES string of the molecule is Cc1nc(C(C)(C)C)sc1C(=O)N1CCCc2c(NC(=O)c3ccc(F)cc3)cccc21. The molecule has 5 nitrogen and oxygen atoms in total. The van der Waals surface area contributed by atoms with E-state index in [4.69, 9.17) is 0 Å². The van der Waals surface area contributed by atoms with Crippen molar-refractivity contribution in [2.45, 2.75) is 46.0 Å². The van der Waals surface area contributed by atoms with E-state index in [9.17, 15) is 14.0 Å². The zero-order chi connectivity index (χ0) is 23.0. The number of nitrogens with one attached hydrogen (secondary N) is 1. The highest BCUT2D eigenvalue weighted by atomic mass is 32.1. The highest BCUT2D eigenvalue weighted by Gasteiger charge is 2.30. The molecule has 0 fully saturated rings. The third-order valence-electron chi connectivity index (χ3n) is 5.48. The van der Waals surface area contributed by atoms with Crippen LogP contribution in [0.1, 0.15) is 63.5 Å². The summed E-state index contributed by atoms with van der Waals surface area (Å²) in [6.07, 6.45) is 1.56. The number of aryl methyl sites for hydroxylation is 1. The van der Waals surface area contributed by atoms with Gasteiger partial charge in [-0.3, -0.25) is 9.59 Å². The smallest absolute Gasteiger partial charge is 0.270 e. The standard InChI is InChI=1S/C25H26FN3O2S/c1-15-21(32-24(27-15)25(2,3)4)23(31)29-14-6-7-18-19(8-5-9-20(18)29)28-22(30)16-10-12-17(26)13-11-16/h5,8-13H,6-7,14H2,1-4H3,(H,28,30). The first-order valence-electron chi connectivity index (χ1n) is 10.6. The summed E-state index contributed by atoms with van der Waals surface area (Å²) in [6, 6.07) is 11.0. The second kappa shape index (κ2) is 8.47. The number of nitrogens with zero attached hydrogens (tertiary/aromatic N) is 2. The van der Waals surface area contributed by atoms with Crippen molar-refractivity contribution in [3.8, 4) is 0 Å². The van der Waals surface area contributed by atoms with E-state index in [-0.39, 0.29) is 23.0 Å². The number of carbonyl (C=O) groups is 2. The molecule has 2 amide bonds. The van der Waals surface area contributed by atoms with Gasteiger partial charge in [-0.05, 0) is 61.7 Å². The van der Waals surface area contributed by atoms with Crippen LogP contribution in [0, 0.1) is 12.7 Å². The number of thiazole rings is 1. The number of amides is 2. The highest BCUT2D eigenvalue weighted by molar-refractivity contribution is 7.14. The molecular weight excluding hydrogens is 425 g/mol. The van der Waals surface area contributed by atoms with Gasteiger partial charge >= 0.3 is 0 Å². The van der Waals surface area contributed by atoms with Crippen molar-refractivity contribution < 1.29 is 14.0 Å². The quantitative estimate of drug-likeness (QED) is 0.553. The lowest BCUT2D eigenvalue weighted by Crippen LogP contribution is -2.35. The third kappa shape index (κ3) is 4.30. The van der Waals surface area contributed by atoms with Gasteiger partial charge in [0.1, 0.15) is 10.7 Å². The van der Waals surface area contributed by atoms with Crippen LogP contribution in [0.15, 0.2) is 42.5 Å². The van der Waals surface area contributed by atoms with Crippen molar-refractivity contribution in [3.63, 3.8) is 0 Å². The van der Waals surface area contributed by atoms with Crippen LogP contribution < -0.4 is 10.2 Å². The minimum atomic E-state index is -0.388. The average molecular weight is 452 g/mol. The van der Waals surface area contributed by atoms with Crippen LogP contribution in [-0.4, -0.2) is 23.3 Å². The number of carbonyl (C=O) groups excluding carboxylic acids is 2. The Bertz CT molecular complexity index is 1180. The molecule has 2 aromatic carbocycles. The molecule has 0 radical (unpaired) electrons. The molecule has 1 N–H and O–H groups in total. The van der Waals surface area contributed by atoms with Crippen molar-refractivity contribution in [2.75, 3.05) is 16.8 Å². The fraction of sp³-hybridized carbons (Fsp3) is 0.320. The van der Waals surface area contributed by atoms with Gasteiger partial charge < -0.3 is 10.2 Å². The van der Waals surface area contributed by atoms with Gasteiger partial charge in [-0.15, -0.1) is 11.3 Å². The topological polar surface area (TPSA) is 62.3 Å². The van der Waals surface area contributed by atoms with Gasteiger partial charge in [0.25, 0.3) is 11.8 Å². The predicted octanol–water partition coefficient (Wildman–Crippen LogP) is 5.73. The van der Waals surface area contributed by atoms with Gasteiger partial charge in [0.05, 0.1) is 10.7 Å². The van der Waals surface area contributed by atoms with Crippen LogP contribution in [0.3, 0.4) is 0 Å². The lowest BCUT2D eigenvalue weighted by molar-refractivity contribution is 0.0987. The Balaban J connectivity index is 1.63. The second-order valence-corrected chi connectivity index (χ2v) is 10.0. The first kappa shape index (κ1) is 22.1. The van der Waals surface area contributed by atoms with Crippen molar-refractivity contribution in [3.05, 3.63) is 75.0 Å². The molecule has 0 aliphatic carbocycles. The Labute approximate surface area is 191 Å². The maximum atomic E-state index is 13.5. The molecule has 3 aromatic rings. The van der Waals surface area contributed by atoms with Crippen LogP contribution in [0.2, 0.25) is 0 Å². The molecule has 4 rings (SSSR count). The Morgan fingerprint density at radius 2 is 1.84 bits per heavy atom. The Hall–Kier alpha value is -3.06. The van der Waals surface area contributed by atoms with Crippen molar-refractivity contribution in [2.24, 2.45) is 0 Å². The fourth-order valence-electron chi connectivity index (χ4n) is 3.79. The summed E-state index contributed by atoms with van der Waals surface area (Å²) < 4.78 is 13.2. The van der Waals surface area contributed by atoms with Crippen molar-refractivity contribution in [1.29, 1.82) is 0 Å². The van der Waals surface area contributed by atoms with E-state index in [1.54, 1.807) is 4.90 Å². The summed E-state index contributed by atoms with van der Waals surface area (Å²) in [5.41, 5.74) is 3.42.